The van der Waals surface area contributed by atoms with Crippen LogP contribution in [0.2, 0.25) is 0 Å². The highest BCUT2D eigenvalue weighted by Gasteiger charge is 2.51. The number of imide groups is 1. The Bertz CT molecular complexity index is 807. The second kappa shape index (κ2) is 7.87. The first kappa shape index (κ1) is 19.7. The van der Waals surface area contributed by atoms with E-state index in [1.54, 1.807) is 31.3 Å². The van der Waals surface area contributed by atoms with Crippen molar-refractivity contribution in [1.82, 2.24) is 14.7 Å². The highest BCUT2D eigenvalue weighted by atomic mass is 16.5. The van der Waals surface area contributed by atoms with E-state index in [-0.39, 0.29) is 11.9 Å². The van der Waals surface area contributed by atoms with Gasteiger partial charge in [0.2, 0.25) is 0 Å². The summed E-state index contributed by atoms with van der Waals surface area (Å²) in [4.78, 5) is 45.5. The van der Waals surface area contributed by atoms with Gasteiger partial charge in [-0.05, 0) is 30.7 Å². The number of urea groups is 1. The summed E-state index contributed by atoms with van der Waals surface area (Å²) in [5.41, 5.74) is 0.404. The number of carbonyl (C=O) groups is 3. The van der Waals surface area contributed by atoms with Crippen LogP contribution in [0.15, 0.2) is 29.3 Å². The fourth-order valence-electron chi connectivity index (χ4n) is 3.27. The number of aliphatic imine (C=N–C) groups is 1. The first-order chi connectivity index (χ1) is 13.4. The fraction of sp³-hybridized carbons (Fsp3) is 0.474. The molecule has 2 unspecified atom stereocenters. The predicted octanol–water partition coefficient (Wildman–Crippen LogP) is 1.54. The molecule has 0 aliphatic carbocycles. The molecule has 1 aromatic carbocycles. The Labute approximate surface area is 163 Å². The Hall–Kier alpha value is -3.10. The maximum Gasteiger partial charge on any atom is 0.337 e. The molecule has 9 nitrogen and oxygen atoms in total. The van der Waals surface area contributed by atoms with E-state index in [0.29, 0.717) is 17.9 Å². The van der Waals surface area contributed by atoms with Gasteiger partial charge >= 0.3 is 12.0 Å². The lowest BCUT2D eigenvalue weighted by atomic mass is 10.1. The molecule has 2 aliphatic rings. The van der Waals surface area contributed by atoms with Crippen molar-refractivity contribution in [2.45, 2.75) is 32.0 Å². The molecule has 2 heterocycles. The molecule has 0 bridgehead atoms. The number of rotatable bonds is 5. The van der Waals surface area contributed by atoms with Gasteiger partial charge in [-0.1, -0.05) is 13.3 Å². The fourth-order valence-corrected chi connectivity index (χ4v) is 3.27. The third kappa shape index (κ3) is 3.39. The highest BCUT2D eigenvalue weighted by molar-refractivity contribution is 6.03. The van der Waals surface area contributed by atoms with Crippen molar-refractivity contribution in [3.63, 3.8) is 0 Å². The van der Waals surface area contributed by atoms with Crippen molar-refractivity contribution < 1.29 is 23.9 Å². The van der Waals surface area contributed by atoms with Crippen molar-refractivity contribution in [2.75, 3.05) is 27.7 Å². The third-order valence-electron chi connectivity index (χ3n) is 4.91. The smallest absolute Gasteiger partial charge is 0.337 e. The van der Waals surface area contributed by atoms with Gasteiger partial charge in [0, 0.05) is 20.6 Å². The van der Waals surface area contributed by atoms with Crippen LogP contribution in [0.4, 0.5) is 4.79 Å². The lowest BCUT2D eigenvalue weighted by molar-refractivity contribution is -0.136. The third-order valence-corrected chi connectivity index (χ3v) is 4.91. The Morgan fingerprint density at radius 1 is 1.18 bits per heavy atom. The molecule has 2 aliphatic heterocycles. The molecule has 1 aromatic rings. The van der Waals surface area contributed by atoms with Crippen LogP contribution in [0, 0.1) is 0 Å². The number of amidine groups is 1. The van der Waals surface area contributed by atoms with Crippen molar-refractivity contribution in [3.8, 4) is 5.75 Å². The number of amides is 3. The highest BCUT2D eigenvalue weighted by Crippen LogP contribution is 2.28. The molecule has 0 radical (unpaired) electrons. The first-order valence-electron chi connectivity index (χ1n) is 9.14. The van der Waals surface area contributed by atoms with Gasteiger partial charge in [0.05, 0.1) is 12.7 Å². The minimum Gasteiger partial charge on any atom is -0.465 e. The molecule has 1 saturated heterocycles. The van der Waals surface area contributed by atoms with Crippen LogP contribution in [-0.2, 0) is 9.53 Å². The number of hydrogen-bond donors (Lipinski definition) is 0. The number of ether oxygens (including phenoxy) is 2. The van der Waals surface area contributed by atoms with Crippen molar-refractivity contribution >= 4 is 23.9 Å². The van der Waals surface area contributed by atoms with Gasteiger partial charge in [0.15, 0.2) is 12.2 Å². The SMILES string of the molecule is CCCCN1C(Oc2ccc(C(=O)OC)cc2)=NC2C1C(=O)N(C)C(=O)N2C. The van der Waals surface area contributed by atoms with Crippen LogP contribution in [-0.4, -0.2) is 78.6 Å². The summed E-state index contributed by atoms with van der Waals surface area (Å²) in [5.74, 6) is -0.261. The molecule has 28 heavy (non-hydrogen) atoms. The number of benzene rings is 1. The van der Waals surface area contributed by atoms with Gasteiger partial charge in [-0.15, -0.1) is 0 Å². The molecule has 0 N–H and O–H groups in total. The molecule has 150 valence electrons. The Morgan fingerprint density at radius 2 is 1.86 bits per heavy atom. The zero-order valence-corrected chi connectivity index (χ0v) is 16.4. The Kier molecular flexibility index (Phi) is 5.53. The zero-order chi connectivity index (χ0) is 20.4. The molecule has 3 rings (SSSR count). The number of nitrogens with zero attached hydrogens (tertiary/aromatic N) is 4. The average molecular weight is 388 g/mol. The van der Waals surface area contributed by atoms with E-state index in [9.17, 15) is 14.4 Å². The van der Waals surface area contributed by atoms with E-state index in [1.807, 2.05) is 4.90 Å². The van der Waals surface area contributed by atoms with E-state index in [2.05, 4.69) is 16.7 Å². The summed E-state index contributed by atoms with van der Waals surface area (Å²) in [6, 6.07) is 5.74. The summed E-state index contributed by atoms with van der Waals surface area (Å²) in [6.07, 6.45) is 1.16. The standard InChI is InChI=1S/C19H24N4O5/c1-5-6-11-23-14-15(21(2)19(26)22(3)16(14)24)20-18(23)28-13-9-7-12(8-10-13)17(25)27-4/h7-10,14-15H,5-6,11H2,1-4H3. The van der Waals surface area contributed by atoms with Crippen LogP contribution < -0.4 is 4.74 Å². The molecule has 2 atom stereocenters. The monoisotopic (exact) mass is 388 g/mol. The lowest BCUT2D eigenvalue weighted by Crippen LogP contribution is -2.64. The minimum absolute atomic E-state index is 0.289. The van der Waals surface area contributed by atoms with Gasteiger partial charge in [-0.3, -0.25) is 9.69 Å². The van der Waals surface area contributed by atoms with Gasteiger partial charge < -0.3 is 19.3 Å². The Balaban J connectivity index is 1.86. The second-order valence-electron chi connectivity index (χ2n) is 6.73. The number of carbonyl (C=O) groups excluding carboxylic acids is 3. The molecule has 1 fully saturated rings. The number of unbranched alkanes of at least 4 members (excludes halogenated alkanes) is 1. The van der Waals surface area contributed by atoms with Crippen molar-refractivity contribution in [2.24, 2.45) is 4.99 Å². The van der Waals surface area contributed by atoms with Gasteiger partial charge in [0.1, 0.15) is 5.75 Å². The lowest BCUT2D eigenvalue weighted by Gasteiger charge is -2.39. The van der Waals surface area contributed by atoms with Crippen LogP contribution in [0.5, 0.6) is 5.75 Å². The van der Waals surface area contributed by atoms with E-state index in [1.165, 1.54) is 19.1 Å². The van der Waals surface area contributed by atoms with Gasteiger partial charge in [-0.25, -0.2) is 14.6 Å². The van der Waals surface area contributed by atoms with Crippen LogP contribution in [0.1, 0.15) is 30.1 Å². The topological polar surface area (TPSA) is 91.7 Å². The largest absolute Gasteiger partial charge is 0.465 e. The van der Waals surface area contributed by atoms with Crippen molar-refractivity contribution in [3.05, 3.63) is 29.8 Å². The molecule has 3 amide bonds. The van der Waals surface area contributed by atoms with Gasteiger partial charge in [-0.2, -0.15) is 0 Å². The molecule has 0 aromatic heterocycles. The summed E-state index contributed by atoms with van der Waals surface area (Å²) in [7, 11) is 4.41. The van der Waals surface area contributed by atoms with Gasteiger partial charge in [0.25, 0.3) is 11.9 Å². The molecule has 0 spiro atoms. The molecular weight excluding hydrogens is 364 g/mol. The number of likely N-dealkylation sites (N-methyl/N-ethyl adjacent to an activating group) is 2. The van der Waals surface area contributed by atoms with Crippen LogP contribution >= 0.6 is 0 Å². The summed E-state index contributed by atoms with van der Waals surface area (Å²) >= 11 is 0. The Morgan fingerprint density at radius 3 is 2.46 bits per heavy atom. The van der Waals surface area contributed by atoms with E-state index >= 15 is 0 Å². The van der Waals surface area contributed by atoms with Crippen molar-refractivity contribution in [1.29, 1.82) is 0 Å². The summed E-state index contributed by atoms with van der Waals surface area (Å²) in [5, 5.41) is 0. The van der Waals surface area contributed by atoms with Crippen LogP contribution in [0.25, 0.3) is 0 Å². The molecule has 9 heteroatoms. The number of methoxy groups -OCH3 is 1. The normalized spacial score (nSPS) is 21.6. The average Bonchev–Trinajstić information content (AvgIpc) is 3.07. The summed E-state index contributed by atoms with van der Waals surface area (Å²) < 4.78 is 10.6. The number of hydrogen-bond acceptors (Lipinski definition) is 7. The zero-order valence-electron chi connectivity index (χ0n) is 16.4. The van der Waals surface area contributed by atoms with Crippen LogP contribution in [0.3, 0.4) is 0 Å². The quantitative estimate of drug-likeness (QED) is 0.711. The second-order valence-corrected chi connectivity index (χ2v) is 6.73. The van der Waals surface area contributed by atoms with E-state index in [0.717, 1.165) is 17.7 Å². The predicted molar refractivity (Wildman–Crippen MR) is 101 cm³/mol. The molecule has 0 saturated carbocycles. The summed E-state index contributed by atoms with van der Waals surface area (Å²) in [6.45, 7) is 2.64. The van der Waals surface area contributed by atoms with E-state index in [4.69, 9.17) is 4.74 Å². The number of fused-ring (bicyclic) bond motifs is 1. The first-order valence-corrected chi connectivity index (χ1v) is 9.14. The van der Waals surface area contributed by atoms with E-state index < -0.39 is 24.2 Å². The minimum atomic E-state index is -0.627. The molecular formula is C19H24N4O5. The maximum atomic E-state index is 12.7. The number of esters is 1. The maximum absolute atomic E-state index is 12.7.